The summed E-state index contributed by atoms with van der Waals surface area (Å²) in [7, 11) is 3.10. The molecule has 22 heavy (non-hydrogen) atoms. The molecule has 0 saturated carbocycles. The number of carboxylic acid groups (broad SMARTS) is 1. The Hall–Kier alpha value is -3.03. The lowest BCUT2D eigenvalue weighted by molar-refractivity contribution is -0.132. The van der Waals surface area contributed by atoms with Gasteiger partial charge < -0.3 is 19.9 Å². The highest BCUT2D eigenvalue weighted by Crippen LogP contribution is 2.34. The minimum atomic E-state index is -1.06. The maximum atomic E-state index is 11.3. The molecule has 0 amide bonds. The Morgan fingerprint density at radius 2 is 2.09 bits per heavy atom. The molecule has 114 valence electrons. The summed E-state index contributed by atoms with van der Waals surface area (Å²) in [5.74, 6) is 0.478. The number of hydrogen-bond acceptors (Lipinski definition) is 6. The number of carboxylic acids is 1. The zero-order chi connectivity index (χ0) is 15.7. The van der Waals surface area contributed by atoms with E-state index in [4.69, 9.17) is 9.47 Å². The second-order valence-corrected chi connectivity index (χ2v) is 4.60. The highest BCUT2D eigenvalue weighted by atomic mass is 16.5. The molecule has 1 aromatic carbocycles. The average molecular weight is 302 g/mol. The monoisotopic (exact) mass is 302 g/mol. The Morgan fingerprint density at radius 3 is 2.77 bits per heavy atom. The Bertz CT molecular complexity index is 753. The summed E-state index contributed by atoms with van der Waals surface area (Å²) in [6.45, 7) is 0. The van der Waals surface area contributed by atoms with E-state index in [0.29, 0.717) is 17.4 Å². The van der Waals surface area contributed by atoms with Crippen molar-refractivity contribution >= 4 is 11.9 Å². The number of rotatable bonds is 4. The number of carbonyl (C=O) groups is 1. The fraction of sp³-hybridized carbons (Fsp3) is 0.214. The standard InChI is InChI=1S/C14H14N4O4/c1-21-11-4-3-8(5-12(11)22-2)10-6-9(13(19)20)17-14-15-7-16-18(10)14/h3-7,10H,1-2H3,(H,19,20)(H,15,16,17)/t10-/m0/s1. The molecule has 2 aromatic rings. The van der Waals surface area contributed by atoms with Crippen molar-refractivity contribution in [1.29, 1.82) is 0 Å². The van der Waals surface area contributed by atoms with E-state index in [2.05, 4.69) is 15.4 Å². The zero-order valence-corrected chi connectivity index (χ0v) is 12.0. The largest absolute Gasteiger partial charge is 0.493 e. The minimum absolute atomic E-state index is 0.0558. The molecule has 0 bridgehead atoms. The van der Waals surface area contributed by atoms with Crippen LogP contribution in [0.5, 0.6) is 11.5 Å². The van der Waals surface area contributed by atoms with Gasteiger partial charge in [-0.1, -0.05) is 6.07 Å². The predicted octanol–water partition coefficient (Wildman–Crippen LogP) is 1.28. The van der Waals surface area contributed by atoms with Crippen LogP contribution in [0.1, 0.15) is 11.6 Å². The molecule has 0 aliphatic carbocycles. The Morgan fingerprint density at radius 1 is 1.32 bits per heavy atom. The molecule has 1 aliphatic rings. The van der Waals surface area contributed by atoms with E-state index in [1.807, 2.05) is 6.07 Å². The molecule has 0 radical (unpaired) electrons. The number of hydrogen-bond donors (Lipinski definition) is 2. The second-order valence-electron chi connectivity index (χ2n) is 4.60. The van der Waals surface area contributed by atoms with Crippen molar-refractivity contribution in [1.82, 2.24) is 14.8 Å². The van der Waals surface area contributed by atoms with E-state index < -0.39 is 12.0 Å². The summed E-state index contributed by atoms with van der Waals surface area (Å²) >= 11 is 0. The van der Waals surface area contributed by atoms with Crippen LogP contribution >= 0.6 is 0 Å². The molecule has 2 heterocycles. The zero-order valence-electron chi connectivity index (χ0n) is 12.0. The summed E-state index contributed by atoms with van der Waals surface area (Å²) in [6, 6.07) is 4.99. The lowest BCUT2D eigenvalue weighted by Crippen LogP contribution is -2.24. The molecule has 0 saturated heterocycles. The van der Waals surface area contributed by atoms with Crippen LogP contribution in [-0.4, -0.2) is 40.1 Å². The summed E-state index contributed by atoms with van der Waals surface area (Å²) in [5, 5.41) is 16.1. The number of fused-ring (bicyclic) bond motifs is 1. The number of methoxy groups -OCH3 is 2. The summed E-state index contributed by atoms with van der Waals surface area (Å²) in [6.07, 6.45) is 2.94. The van der Waals surface area contributed by atoms with Gasteiger partial charge in [0.05, 0.1) is 14.2 Å². The maximum Gasteiger partial charge on any atom is 0.352 e. The third kappa shape index (κ3) is 2.24. The van der Waals surface area contributed by atoms with Gasteiger partial charge in [0.25, 0.3) is 0 Å². The number of ether oxygens (including phenoxy) is 2. The summed E-state index contributed by atoms with van der Waals surface area (Å²) in [5.41, 5.74) is 0.866. The fourth-order valence-electron chi connectivity index (χ4n) is 2.33. The van der Waals surface area contributed by atoms with Crippen molar-refractivity contribution in [2.75, 3.05) is 19.5 Å². The van der Waals surface area contributed by atoms with E-state index in [0.717, 1.165) is 5.56 Å². The number of benzene rings is 1. The van der Waals surface area contributed by atoms with Crippen LogP contribution in [-0.2, 0) is 4.79 Å². The molecular weight excluding hydrogens is 288 g/mol. The van der Waals surface area contributed by atoms with Crippen LogP contribution in [0, 0.1) is 0 Å². The molecule has 3 rings (SSSR count). The van der Waals surface area contributed by atoms with E-state index in [1.165, 1.54) is 6.33 Å². The molecule has 0 unspecified atom stereocenters. The number of aliphatic carboxylic acids is 1. The van der Waals surface area contributed by atoms with Crippen molar-refractivity contribution in [3.8, 4) is 11.5 Å². The van der Waals surface area contributed by atoms with E-state index >= 15 is 0 Å². The second kappa shape index (κ2) is 5.40. The lowest BCUT2D eigenvalue weighted by Gasteiger charge is -2.23. The number of anilines is 1. The van der Waals surface area contributed by atoms with Crippen molar-refractivity contribution in [2.45, 2.75) is 6.04 Å². The van der Waals surface area contributed by atoms with Gasteiger partial charge in [-0.2, -0.15) is 10.1 Å². The average Bonchev–Trinajstić information content (AvgIpc) is 3.01. The molecule has 1 aromatic heterocycles. The quantitative estimate of drug-likeness (QED) is 0.877. The minimum Gasteiger partial charge on any atom is -0.493 e. The van der Waals surface area contributed by atoms with Gasteiger partial charge in [-0.3, -0.25) is 0 Å². The van der Waals surface area contributed by atoms with Crippen molar-refractivity contribution in [3.63, 3.8) is 0 Å². The normalized spacial score (nSPS) is 16.3. The van der Waals surface area contributed by atoms with E-state index in [9.17, 15) is 9.90 Å². The van der Waals surface area contributed by atoms with Crippen molar-refractivity contribution in [3.05, 3.63) is 41.9 Å². The number of aromatic nitrogens is 3. The topological polar surface area (TPSA) is 98.5 Å². The predicted molar refractivity (Wildman–Crippen MR) is 77.0 cm³/mol. The van der Waals surface area contributed by atoms with Crippen LogP contribution in [0.3, 0.4) is 0 Å². The van der Waals surface area contributed by atoms with Crippen LogP contribution < -0.4 is 14.8 Å². The van der Waals surface area contributed by atoms with Crippen LogP contribution in [0.4, 0.5) is 5.95 Å². The van der Waals surface area contributed by atoms with Crippen LogP contribution in [0.25, 0.3) is 0 Å². The molecular formula is C14H14N4O4. The van der Waals surface area contributed by atoms with Gasteiger partial charge >= 0.3 is 5.97 Å². The van der Waals surface area contributed by atoms with Gasteiger partial charge in [0.2, 0.25) is 5.95 Å². The van der Waals surface area contributed by atoms with Crippen molar-refractivity contribution < 1.29 is 19.4 Å². The summed E-state index contributed by atoms with van der Waals surface area (Å²) < 4.78 is 12.1. The Kier molecular flexibility index (Phi) is 3.42. The molecule has 8 heteroatoms. The first-order chi connectivity index (χ1) is 10.6. The number of allylic oxidation sites excluding steroid dienone is 1. The molecule has 1 atom stereocenters. The van der Waals surface area contributed by atoms with E-state index in [1.54, 1.807) is 37.1 Å². The SMILES string of the molecule is COc1ccc([C@@H]2C=C(C(=O)O)Nc3ncnn32)cc1OC. The Balaban J connectivity index is 2.09. The van der Waals surface area contributed by atoms with Crippen molar-refractivity contribution in [2.24, 2.45) is 0 Å². The molecule has 1 aliphatic heterocycles. The first kappa shape index (κ1) is 13.9. The fourth-order valence-corrected chi connectivity index (χ4v) is 2.33. The van der Waals surface area contributed by atoms with Crippen LogP contribution in [0.15, 0.2) is 36.3 Å². The summed E-state index contributed by atoms with van der Waals surface area (Å²) in [4.78, 5) is 15.3. The van der Waals surface area contributed by atoms with E-state index in [-0.39, 0.29) is 5.70 Å². The third-order valence-corrected chi connectivity index (χ3v) is 3.39. The molecule has 0 spiro atoms. The molecule has 2 N–H and O–H groups in total. The van der Waals surface area contributed by atoms with Gasteiger partial charge in [0.15, 0.2) is 11.5 Å². The number of nitrogens with zero attached hydrogens (tertiary/aromatic N) is 3. The van der Waals surface area contributed by atoms with Gasteiger partial charge in [0.1, 0.15) is 18.1 Å². The van der Waals surface area contributed by atoms with Gasteiger partial charge in [0, 0.05) is 0 Å². The van der Waals surface area contributed by atoms with Gasteiger partial charge in [-0.05, 0) is 23.8 Å². The lowest BCUT2D eigenvalue weighted by atomic mass is 10.0. The van der Waals surface area contributed by atoms with Crippen LogP contribution in [0.2, 0.25) is 0 Å². The van der Waals surface area contributed by atoms with Gasteiger partial charge in [-0.15, -0.1) is 0 Å². The smallest absolute Gasteiger partial charge is 0.352 e. The first-order valence-electron chi connectivity index (χ1n) is 6.47. The highest BCUT2D eigenvalue weighted by Gasteiger charge is 2.26. The Labute approximate surface area is 126 Å². The molecule has 0 fully saturated rings. The number of nitrogens with one attached hydrogen (secondary N) is 1. The van der Waals surface area contributed by atoms with Gasteiger partial charge in [-0.25, -0.2) is 9.48 Å². The molecule has 8 nitrogen and oxygen atoms in total. The first-order valence-corrected chi connectivity index (χ1v) is 6.47. The maximum absolute atomic E-state index is 11.3. The third-order valence-electron chi connectivity index (χ3n) is 3.39. The highest BCUT2D eigenvalue weighted by molar-refractivity contribution is 5.90.